The largest absolute Gasteiger partial charge is 0.361 e. The van der Waals surface area contributed by atoms with Gasteiger partial charge in [0, 0.05) is 30.4 Å². The van der Waals surface area contributed by atoms with Crippen molar-refractivity contribution >= 4 is 17.4 Å². The lowest BCUT2D eigenvalue weighted by Gasteiger charge is -2.20. The topological polar surface area (TPSA) is 84.2 Å². The third-order valence-electron chi connectivity index (χ3n) is 4.88. The molecular weight excluding hydrogens is 354 g/mol. The number of rotatable bonds is 4. The standard InChI is InChI=1S/C21H23N5O2/c1-15-14-19(25-28-15)21(27)22-17-8-6-16(7-9-17)18-10-11-20(24-23-18)26-12-4-2-3-5-13-26/h6-11,14H,2-5,12-13H2,1H3,(H,22,27). The quantitative estimate of drug-likeness (QED) is 0.738. The number of nitrogens with zero attached hydrogens (tertiary/aromatic N) is 4. The number of hydrogen-bond acceptors (Lipinski definition) is 6. The number of hydrogen-bond donors (Lipinski definition) is 1. The van der Waals surface area contributed by atoms with Crippen LogP contribution in [-0.2, 0) is 0 Å². The summed E-state index contributed by atoms with van der Waals surface area (Å²) in [6.45, 7) is 3.85. The SMILES string of the molecule is Cc1cc(C(=O)Nc2ccc(-c3ccc(N4CCCCCC4)nn3)cc2)no1. The average molecular weight is 377 g/mol. The lowest BCUT2D eigenvalue weighted by Crippen LogP contribution is -2.25. The first-order valence-electron chi connectivity index (χ1n) is 9.63. The van der Waals surface area contributed by atoms with Crippen LogP contribution in [0.3, 0.4) is 0 Å². The molecule has 1 N–H and O–H groups in total. The van der Waals surface area contributed by atoms with Crippen LogP contribution >= 0.6 is 0 Å². The van der Waals surface area contributed by atoms with Crippen molar-refractivity contribution < 1.29 is 9.32 Å². The van der Waals surface area contributed by atoms with Gasteiger partial charge in [-0.1, -0.05) is 30.1 Å². The predicted molar refractivity (Wildman–Crippen MR) is 107 cm³/mol. The van der Waals surface area contributed by atoms with Crippen LogP contribution in [0.25, 0.3) is 11.3 Å². The molecule has 4 rings (SSSR count). The van der Waals surface area contributed by atoms with E-state index in [4.69, 9.17) is 4.52 Å². The average Bonchev–Trinajstić information content (AvgIpc) is 2.99. The van der Waals surface area contributed by atoms with Gasteiger partial charge in [-0.3, -0.25) is 4.79 Å². The Labute approximate surface area is 163 Å². The van der Waals surface area contributed by atoms with Gasteiger partial charge < -0.3 is 14.7 Å². The molecule has 0 radical (unpaired) electrons. The molecule has 0 atom stereocenters. The highest BCUT2D eigenvalue weighted by Gasteiger charge is 2.13. The number of aromatic nitrogens is 3. The van der Waals surface area contributed by atoms with Crippen molar-refractivity contribution in [2.75, 3.05) is 23.3 Å². The molecule has 3 heterocycles. The molecule has 3 aromatic rings. The first kappa shape index (κ1) is 18.2. The van der Waals surface area contributed by atoms with E-state index in [1.54, 1.807) is 13.0 Å². The molecule has 7 nitrogen and oxygen atoms in total. The molecule has 1 aromatic carbocycles. The van der Waals surface area contributed by atoms with Crippen molar-refractivity contribution in [3.05, 3.63) is 53.9 Å². The van der Waals surface area contributed by atoms with Crippen LogP contribution in [0.1, 0.15) is 41.9 Å². The summed E-state index contributed by atoms with van der Waals surface area (Å²) >= 11 is 0. The Morgan fingerprint density at radius 2 is 1.75 bits per heavy atom. The van der Waals surface area contributed by atoms with Gasteiger partial charge in [-0.15, -0.1) is 10.2 Å². The minimum absolute atomic E-state index is 0.261. The predicted octanol–water partition coefficient (Wildman–Crippen LogP) is 4.07. The molecular formula is C21H23N5O2. The third kappa shape index (κ3) is 4.19. The van der Waals surface area contributed by atoms with E-state index >= 15 is 0 Å². The lowest BCUT2D eigenvalue weighted by molar-refractivity contribution is 0.101. The maximum absolute atomic E-state index is 12.1. The minimum Gasteiger partial charge on any atom is -0.361 e. The summed E-state index contributed by atoms with van der Waals surface area (Å²) in [6, 6.07) is 13.1. The number of carbonyl (C=O) groups excluding carboxylic acids is 1. The van der Waals surface area contributed by atoms with Crippen molar-refractivity contribution in [2.45, 2.75) is 32.6 Å². The number of amides is 1. The number of nitrogens with one attached hydrogen (secondary N) is 1. The second-order valence-electron chi connectivity index (χ2n) is 7.03. The highest BCUT2D eigenvalue weighted by Crippen LogP contribution is 2.22. The van der Waals surface area contributed by atoms with Gasteiger partial charge in [-0.05, 0) is 44.0 Å². The first-order valence-corrected chi connectivity index (χ1v) is 9.63. The first-order chi connectivity index (χ1) is 13.7. The zero-order chi connectivity index (χ0) is 19.3. The Kier molecular flexibility index (Phi) is 5.32. The minimum atomic E-state index is -0.300. The van der Waals surface area contributed by atoms with Gasteiger partial charge in [-0.25, -0.2) is 0 Å². The molecule has 1 amide bonds. The summed E-state index contributed by atoms with van der Waals surface area (Å²) in [5.41, 5.74) is 2.70. The number of anilines is 2. The monoisotopic (exact) mass is 377 g/mol. The Hall–Kier alpha value is -3.22. The maximum atomic E-state index is 12.1. The van der Waals surface area contributed by atoms with Crippen LogP contribution in [0.4, 0.5) is 11.5 Å². The van der Waals surface area contributed by atoms with Crippen LogP contribution in [0, 0.1) is 6.92 Å². The van der Waals surface area contributed by atoms with Crippen LogP contribution in [-0.4, -0.2) is 34.4 Å². The van der Waals surface area contributed by atoms with Crippen molar-refractivity contribution in [1.29, 1.82) is 0 Å². The van der Waals surface area contributed by atoms with Crippen molar-refractivity contribution in [3.8, 4) is 11.3 Å². The Morgan fingerprint density at radius 1 is 1.00 bits per heavy atom. The van der Waals surface area contributed by atoms with E-state index in [2.05, 4.69) is 25.6 Å². The van der Waals surface area contributed by atoms with Gasteiger partial charge in [0.05, 0.1) is 5.69 Å². The van der Waals surface area contributed by atoms with Gasteiger partial charge in [-0.2, -0.15) is 0 Å². The Morgan fingerprint density at radius 3 is 2.36 bits per heavy atom. The molecule has 28 heavy (non-hydrogen) atoms. The zero-order valence-electron chi connectivity index (χ0n) is 15.9. The summed E-state index contributed by atoms with van der Waals surface area (Å²) < 4.78 is 4.93. The van der Waals surface area contributed by atoms with E-state index in [0.29, 0.717) is 11.4 Å². The van der Waals surface area contributed by atoms with Gasteiger partial charge in [0.25, 0.3) is 5.91 Å². The summed E-state index contributed by atoms with van der Waals surface area (Å²) in [4.78, 5) is 14.4. The van der Waals surface area contributed by atoms with E-state index < -0.39 is 0 Å². The summed E-state index contributed by atoms with van der Waals surface area (Å²) in [5, 5.41) is 15.3. The van der Waals surface area contributed by atoms with Crippen LogP contribution < -0.4 is 10.2 Å². The molecule has 0 bridgehead atoms. The summed E-state index contributed by atoms with van der Waals surface area (Å²) in [6.07, 6.45) is 5.01. The molecule has 1 saturated heterocycles. The van der Waals surface area contributed by atoms with Gasteiger partial charge >= 0.3 is 0 Å². The molecule has 1 aliphatic heterocycles. The fourth-order valence-electron chi connectivity index (χ4n) is 3.34. The van der Waals surface area contributed by atoms with Crippen molar-refractivity contribution in [1.82, 2.24) is 15.4 Å². The summed E-state index contributed by atoms with van der Waals surface area (Å²) in [5.74, 6) is 1.24. The van der Waals surface area contributed by atoms with E-state index in [1.807, 2.05) is 36.4 Å². The van der Waals surface area contributed by atoms with Gasteiger partial charge in [0.2, 0.25) is 0 Å². The number of aryl methyl sites for hydroxylation is 1. The van der Waals surface area contributed by atoms with Crippen LogP contribution in [0.5, 0.6) is 0 Å². The van der Waals surface area contributed by atoms with E-state index in [1.165, 1.54) is 25.7 Å². The molecule has 1 aliphatic rings. The highest BCUT2D eigenvalue weighted by atomic mass is 16.5. The molecule has 0 aliphatic carbocycles. The lowest BCUT2D eigenvalue weighted by atomic mass is 10.1. The maximum Gasteiger partial charge on any atom is 0.277 e. The van der Waals surface area contributed by atoms with Crippen LogP contribution in [0.2, 0.25) is 0 Å². The van der Waals surface area contributed by atoms with Crippen LogP contribution in [0.15, 0.2) is 47.0 Å². The van der Waals surface area contributed by atoms with Crippen molar-refractivity contribution in [3.63, 3.8) is 0 Å². The molecule has 1 fully saturated rings. The highest BCUT2D eigenvalue weighted by molar-refractivity contribution is 6.02. The molecule has 0 saturated carbocycles. The van der Waals surface area contributed by atoms with Gasteiger partial charge in [0.1, 0.15) is 5.76 Å². The number of benzene rings is 1. The molecule has 0 spiro atoms. The normalized spacial score (nSPS) is 14.5. The second kappa shape index (κ2) is 8.21. The van der Waals surface area contributed by atoms with E-state index in [0.717, 1.165) is 30.2 Å². The van der Waals surface area contributed by atoms with E-state index in [9.17, 15) is 4.79 Å². The molecule has 7 heteroatoms. The van der Waals surface area contributed by atoms with E-state index in [-0.39, 0.29) is 11.6 Å². The fourth-order valence-corrected chi connectivity index (χ4v) is 3.34. The molecule has 0 unspecified atom stereocenters. The van der Waals surface area contributed by atoms with Crippen molar-refractivity contribution in [2.24, 2.45) is 0 Å². The Balaban J connectivity index is 1.42. The summed E-state index contributed by atoms with van der Waals surface area (Å²) in [7, 11) is 0. The third-order valence-corrected chi connectivity index (χ3v) is 4.88. The smallest absolute Gasteiger partial charge is 0.277 e. The second-order valence-corrected chi connectivity index (χ2v) is 7.03. The fraction of sp³-hybridized carbons (Fsp3) is 0.333. The number of carbonyl (C=O) groups is 1. The molecule has 2 aromatic heterocycles. The Bertz CT molecular complexity index is 926. The molecule has 144 valence electrons. The zero-order valence-corrected chi connectivity index (χ0v) is 15.9. The van der Waals surface area contributed by atoms with Gasteiger partial charge in [0.15, 0.2) is 11.5 Å².